The highest BCUT2D eigenvalue weighted by Gasteiger charge is 2.06. The summed E-state index contributed by atoms with van der Waals surface area (Å²) in [5, 5.41) is 8.73. The van der Waals surface area contributed by atoms with Crippen LogP contribution in [0.3, 0.4) is 0 Å². The first-order chi connectivity index (χ1) is 8.56. The van der Waals surface area contributed by atoms with Crippen LogP contribution in [-0.4, -0.2) is 4.98 Å². The third-order valence-corrected chi connectivity index (χ3v) is 2.94. The molecule has 0 fully saturated rings. The molecule has 4 N–H and O–H groups in total. The summed E-state index contributed by atoms with van der Waals surface area (Å²) in [6.45, 7) is 0. The third kappa shape index (κ3) is 2.96. The first-order valence-electron chi connectivity index (χ1n) is 4.95. The predicted octanol–water partition coefficient (Wildman–Crippen LogP) is 4.08. The van der Waals surface area contributed by atoms with Gasteiger partial charge in [0, 0.05) is 5.02 Å². The summed E-state index contributed by atoms with van der Waals surface area (Å²) < 4.78 is 0.644. The second-order valence-electron chi connectivity index (χ2n) is 3.44. The Morgan fingerprint density at radius 3 is 2.39 bits per heavy atom. The highest BCUT2D eigenvalue weighted by atomic mass is 79.9. The van der Waals surface area contributed by atoms with Crippen molar-refractivity contribution in [2.75, 3.05) is 11.5 Å². The number of nitrogens with zero attached hydrogens (tertiary/aromatic N) is 3. The maximum Gasteiger partial charge on any atom is 0.154 e. The minimum atomic E-state index is 0.222. The fraction of sp³-hybridized carbons (Fsp3) is 0. The molecule has 0 aliphatic rings. The number of nitrogen functional groups attached to an aromatic ring is 2. The number of anilines is 2. The van der Waals surface area contributed by atoms with Gasteiger partial charge in [-0.15, -0.1) is 5.11 Å². The van der Waals surface area contributed by atoms with Gasteiger partial charge in [0.15, 0.2) is 5.82 Å². The van der Waals surface area contributed by atoms with Crippen molar-refractivity contribution in [1.29, 1.82) is 0 Å². The molecule has 0 atom stereocenters. The van der Waals surface area contributed by atoms with Crippen molar-refractivity contribution in [2.24, 2.45) is 10.2 Å². The fourth-order valence-corrected chi connectivity index (χ4v) is 1.90. The van der Waals surface area contributed by atoms with E-state index >= 15 is 0 Å². The van der Waals surface area contributed by atoms with Gasteiger partial charge >= 0.3 is 0 Å². The van der Waals surface area contributed by atoms with E-state index in [1.54, 1.807) is 30.3 Å². The average molecular weight is 327 g/mol. The van der Waals surface area contributed by atoms with Crippen LogP contribution in [0.5, 0.6) is 0 Å². The van der Waals surface area contributed by atoms with E-state index in [2.05, 4.69) is 31.1 Å². The average Bonchev–Trinajstić information content (AvgIpc) is 2.30. The lowest BCUT2D eigenvalue weighted by Crippen LogP contribution is -1.96. The molecule has 2 aromatic rings. The molecule has 2 rings (SSSR count). The highest BCUT2D eigenvalue weighted by molar-refractivity contribution is 9.10. The predicted molar refractivity (Wildman–Crippen MR) is 76.4 cm³/mol. The number of nitrogens with two attached hydrogens (primary N) is 2. The van der Waals surface area contributed by atoms with E-state index in [9.17, 15) is 0 Å². The minimum Gasteiger partial charge on any atom is -0.384 e. The number of rotatable bonds is 2. The number of halogens is 2. The van der Waals surface area contributed by atoms with Crippen LogP contribution in [0.4, 0.5) is 23.0 Å². The zero-order valence-corrected chi connectivity index (χ0v) is 11.5. The molecule has 0 bridgehead atoms. The first kappa shape index (κ1) is 12.8. The maximum absolute atomic E-state index is 5.77. The van der Waals surface area contributed by atoms with Crippen molar-refractivity contribution in [2.45, 2.75) is 0 Å². The Bertz CT molecular complexity index is 574. The lowest BCUT2D eigenvalue weighted by molar-refractivity contribution is 1.20. The van der Waals surface area contributed by atoms with Crippen LogP contribution >= 0.6 is 27.5 Å². The zero-order valence-electron chi connectivity index (χ0n) is 9.14. The largest absolute Gasteiger partial charge is 0.384 e. The Morgan fingerprint density at radius 2 is 1.78 bits per heavy atom. The number of hydrogen-bond acceptors (Lipinski definition) is 5. The lowest BCUT2D eigenvalue weighted by Gasteiger charge is -2.02. The van der Waals surface area contributed by atoms with Crippen molar-refractivity contribution in [3.63, 3.8) is 0 Å². The number of hydrogen-bond donors (Lipinski definition) is 2. The molecule has 0 radical (unpaired) electrons. The molecule has 5 nitrogen and oxygen atoms in total. The molecule has 0 aliphatic carbocycles. The number of pyridine rings is 1. The first-order valence-corrected chi connectivity index (χ1v) is 6.12. The van der Waals surface area contributed by atoms with Crippen molar-refractivity contribution < 1.29 is 0 Å². The highest BCUT2D eigenvalue weighted by Crippen LogP contribution is 2.33. The normalized spacial score (nSPS) is 11.0. The summed E-state index contributed by atoms with van der Waals surface area (Å²) in [7, 11) is 0. The van der Waals surface area contributed by atoms with Crippen LogP contribution in [0.2, 0.25) is 5.02 Å². The molecule has 18 heavy (non-hydrogen) atoms. The van der Waals surface area contributed by atoms with Gasteiger partial charge in [0.05, 0.1) is 10.2 Å². The van der Waals surface area contributed by atoms with Crippen LogP contribution in [-0.2, 0) is 0 Å². The van der Waals surface area contributed by atoms with Gasteiger partial charge in [0.2, 0.25) is 0 Å². The van der Waals surface area contributed by atoms with E-state index in [1.807, 2.05) is 0 Å². The van der Waals surface area contributed by atoms with Crippen LogP contribution < -0.4 is 11.5 Å². The van der Waals surface area contributed by atoms with Gasteiger partial charge in [-0.1, -0.05) is 11.6 Å². The SMILES string of the molecule is Nc1cc(Br)c(N=Nc2ccc(Cl)cc2)c(N)n1. The molecule has 0 aliphatic heterocycles. The van der Waals surface area contributed by atoms with Gasteiger partial charge in [0.25, 0.3) is 0 Å². The second-order valence-corrected chi connectivity index (χ2v) is 4.73. The standard InChI is InChI=1S/C11H9BrClN5/c12-8-5-9(14)16-11(15)10(8)18-17-7-3-1-6(13)2-4-7/h1-5H,(H4,14,15,16). The van der Waals surface area contributed by atoms with Crippen molar-refractivity contribution in [3.05, 3.63) is 39.8 Å². The summed E-state index contributed by atoms with van der Waals surface area (Å²) in [6.07, 6.45) is 0. The molecule has 92 valence electrons. The monoisotopic (exact) mass is 325 g/mol. The van der Waals surface area contributed by atoms with Crippen molar-refractivity contribution in [3.8, 4) is 0 Å². The number of benzene rings is 1. The van der Waals surface area contributed by atoms with Crippen LogP contribution in [0.25, 0.3) is 0 Å². The zero-order chi connectivity index (χ0) is 13.1. The molecular weight excluding hydrogens is 318 g/mol. The Labute approximate surface area is 117 Å². The van der Waals surface area contributed by atoms with Gasteiger partial charge in [-0.3, -0.25) is 0 Å². The van der Waals surface area contributed by atoms with Crippen LogP contribution in [0.1, 0.15) is 0 Å². The van der Waals surface area contributed by atoms with E-state index in [1.165, 1.54) is 0 Å². The van der Waals surface area contributed by atoms with E-state index < -0.39 is 0 Å². The molecule has 1 aromatic heterocycles. The third-order valence-electron chi connectivity index (χ3n) is 2.09. The fourth-order valence-electron chi connectivity index (χ4n) is 1.26. The smallest absolute Gasteiger partial charge is 0.154 e. The van der Waals surface area contributed by atoms with Gasteiger partial charge in [-0.2, -0.15) is 5.11 Å². The summed E-state index contributed by atoms with van der Waals surface area (Å²) >= 11 is 9.08. The van der Waals surface area contributed by atoms with Crippen molar-refractivity contribution in [1.82, 2.24) is 4.98 Å². The quantitative estimate of drug-likeness (QED) is 0.815. The summed E-state index contributed by atoms with van der Waals surface area (Å²) in [4.78, 5) is 3.91. The Morgan fingerprint density at radius 1 is 1.11 bits per heavy atom. The molecular formula is C11H9BrClN5. The number of aromatic nitrogens is 1. The Hall–Kier alpha value is -1.66. The summed E-state index contributed by atoms with van der Waals surface area (Å²) in [5.74, 6) is 0.546. The topological polar surface area (TPSA) is 89.6 Å². The van der Waals surface area contributed by atoms with Crippen LogP contribution in [0, 0.1) is 0 Å². The second kappa shape index (κ2) is 5.32. The van der Waals surface area contributed by atoms with Crippen LogP contribution in [0.15, 0.2) is 45.0 Å². The van der Waals surface area contributed by atoms with E-state index in [-0.39, 0.29) is 5.82 Å². The minimum absolute atomic E-state index is 0.222. The van der Waals surface area contributed by atoms with Crippen molar-refractivity contribution >= 4 is 50.5 Å². The molecule has 0 unspecified atom stereocenters. The molecule has 0 amide bonds. The van der Waals surface area contributed by atoms with E-state index in [0.717, 1.165) is 0 Å². The molecule has 1 heterocycles. The Balaban J connectivity index is 2.31. The molecule has 0 spiro atoms. The molecule has 0 saturated heterocycles. The van der Waals surface area contributed by atoms with Gasteiger partial charge in [0.1, 0.15) is 11.5 Å². The molecule has 7 heteroatoms. The summed E-state index contributed by atoms with van der Waals surface area (Å²) in [5.41, 5.74) is 12.4. The van der Waals surface area contributed by atoms with E-state index in [0.29, 0.717) is 26.7 Å². The van der Waals surface area contributed by atoms with E-state index in [4.69, 9.17) is 23.1 Å². The van der Waals surface area contributed by atoms with Gasteiger partial charge < -0.3 is 11.5 Å². The molecule has 0 saturated carbocycles. The molecule has 1 aromatic carbocycles. The summed E-state index contributed by atoms with van der Waals surface area (Å²) in [6, 6.07) is 8.58. The van der Waals surface area contributed by atoms with Gasteiger partial charge in [-0.05, 0) is 46.3 Å². The number of azo groups is 1. The Kier molecular flexibility index (Phi) is 3.78. The lowest BCUT2D eigenvalue weighted by atomic mass is 10.3. The van der Waals surface area contributed by atoms with Gasteiger partial charge in [-0.25, -0.2) is 4.98 Å². The maximum atomic E-state index is 5.77.